The van der Waals surface area contributed by atoms with Gasteiger partial charge in [0, 0.05) is 11.5 Å². The first kappa shape index (κ1) is 11.2. The molecule has 1 aromatic rings. The summed E-state index contributed by atoms with van der Waals surface area (Å²) in [5.41, 5.74) is 6.65. The van der Waals surface area contributed by atoms with E-state index in [4.69, 9.17) is 10.5 Å². The van der Waals surface area contributed by atoms with Crippen LogP contribution in [-0.2, 0) is 0 Å². The van der Waals surface area contributed by atoms with E-state index in [-0.39, 0.29) is 0 Å². The van der Waals surface area contributed by atoms with Crippen LogP contribution < -0.4 is 10.5 Å². The number of aromatic nitrogens is 1. The van der Waals surface area contributed by atoms with Crippen LogP contribution in [0.2, 0.25) is 0 Å². The highest BCUT2D eigenvalue weighted by atomic mass is 16.5. The number of nitrogen functional groups attached to an aromatic ring is 1. The number of nitrogens with two attached hydrogens (primary N) is 1. The van der Waals surface area contributed by atoms with E-state index in [9.17, 15) is 0 Å². The summed E-state index contributed by atoms with van der Waals surface area (Å²) in [6, 6.07) is 3.67. The van der Waals surface area contributed by atoms with Gasteiger partial charge in [0.15, 0.2) is 0 Å². The van der Waals surface area contributed by atoms with Gasteiger partial charge in [-0.25, -0.2) is 4.98 Å². The van der Waals surface area contributed by atoms with E-state index in [1.54, 1.807) is 6.20 Å². The van der Waals surface area contributed by atoms with Gasteiger partial charge in [0.05, 0.1) is 18.5 Å². The van der Waals surface area contributed by atoms with Gasteiger partial charge in [-0.15, -0.1) is 0 Å². The molecular formula is C13H20N2O. The smallest absolute Gasteiger partial charge is 0.213 e. The van der Waals surface area contributed by atoms with Gasteiger partial charge in [-0.3, -0.25) is 0 Å². The molecule has 1 aliphatic rings. The molecule has 16 heavy (non-hydrogen) atoms. The molecule has 3 heteroatoms. The van der Waals surface area contributed by atoms with Crippen molar-refractivity contribution in [2.24, 2.45) is 5.41 Å². The Labute approximate surface area is 97.0 Å². The first-order valence-electron chi connectivity index (χ1n) is 6.08. The van der Waals surface area contributed by atoms with Crippen molar-refractivity contribution in [2.75, 3.05) is 12.3 Å². The van der Waals surface area contributed by atoms with Gasteiger partial charge >= 0.3 is 0 Å². The van der Waals surface area contributed by atoms with Gasteiger partial charge in [-0.2, -0.15) is 0 Å². The van der Waals surface area contributed by atoms with E-state index in [1.807, 2.05) is 12.1 Å². The summed E-state index contributed by atoms with van der Waals surface area (Å²) in [5.74, 6) is 0.689. The second kappa shape index (κ2) is 4.73. The lowest BCUT2D eigenvalue weighted by molar-refractivity contribution is 0.140. The third-order valence-corrected chi connectivity index (χ3v) is 3.70. The van der Waals surface area contributed by atoms with Crippen molar-refractivity contribution in [3.8, 4) is 5.88 Å². The number of anilines is 1. The summed E-state index contributed by atoms with van der Waals surface area (Å²) in [7, 11) is 0. The molecule has 0 saturated heterocycles. The van der Waals surface area contributed by atoms with Crippen molar-refractivity contribution in [1.29, 1.82) is 0 Å². The predicted molar refractivity (Wildman–Crippen MR) is 65.3 cm³/mol. The molecule has 0 aliphatic heterocycles. The molecule has 0 radical (unpaired) electrons. The SMILES string of the molecule is CCC1(COc2ccc(N)cn2)CCCC1. The summed E-state index contributed by atoms with van der Waals surface area (Å²) < 4.78 is 5.77. The Morgan fingerprint density at radius 1 is 1.38 bits per heavy atom. The molecule has 0 spiro atoms. The van der Waals surface area contributed by atoms with Crippen LogP contribution in [-0.4, -0.2) is 11.6 Å². The van der Waals surface area contributed by atoms with Crippen LogP contribution >= 0.6 is 0 Å². The summed E-state index contributed by atoms with van der Waals surface area (Å²) in [6.45, 7) is 3.05. The van der Waals surface area contributed by atoms with Crippen molar-refractivity contribution >= 4 is 5.69 Å². The van der Waals surface area contributed by atoms with E-state index in [0.29, 0.717) is 17.0 Å². The maximum atomic E-state index is 5.77. The van der Waals surface area contributed by atoms with Crippen molar-refractivity contribution < 1.29 is 4.74 Å². The van der Waals surface area contributed by atoms with E-state index in [1.165, 1.54) is 32.1 Å². The molecular weight excluding hydrogens is 200 g/mol. The molecule has 1 saturated carbocycles. The number of hydrogen-bond donors (Lipinski definition) is 1. The van der Waals surface area contributed by atoms with Crippen LogP contribution in [0.4, 0.5) is 5.69 Å². The van der Waals surface area contributed by atoms with E-state index in [2.05, 4.69) is 11.9 Å². The van der Waals surface area contributed by atoms with E-state index >= 15 is 0 Å². The van der Waals surface area contributed by atoms with Crippen molar-refractivity contribution in [3.05, 3.63) is 18.3 Å². The molecule has 0 amide bonds. The van der Waals surface area contributed by atoms with Crippen LogP contribution in [0.1, 0.15) is 39.0 Å². The van der Waals surface area contributed by atoms with Crippen molar-refractivity contribution in [1.82, 2.24) is 4.98 Å². The lowest BCUT2D eigenvalue weighted by atomic mass is 9.84. The molecule has 1 fully saturated rings. The summed E-state index contributed by atoms with van der Waals surface area (Å²) in [5, 5.41) is 0. The first-order chi connectivity index (χ1) is 7.74. The quantitative estimate of drug-likeness (QED) is 0.848. The van der Waals surface area contributed by atoms with E-state index < -0.39 is 0 Å². The van der Waals surface area contributed by atoms with Gasteiger partial charge in [-0.05, 0) is 25.3 Å². The number of rotatable bonds is 4. The maximum absolute atomic E-state index is 5.77. The molecule has 3 nitrogen and oxygen atoms in total. The lowest BCUT2D eigenvalue weighted by Crippen LogP contribution is -2.24. The molecule has 2 rings (SSSR count). The van der Waals surface area contributed by atoms with Crippen LogP contribution in [0, 0.1) is 5.41 Å². The molecule has 2 N–H and O–H groups in total. The second-order valence-electron chi connectivity index (χ2n) is 4.78. The van der Waals surface area contributed by atoms with Gasteiger partial charge in [0.1, 0.15) is 0 Å². The average molecular weight is 220 g/mol. The molecule has 0 atom stereocenters. The molecule has 88 valence electrons. The maximum Gasteiger partial charge on any atom is 0.213 e. The zero-order valence-corrected chi connectivity index (χ0v) is 9.91. The summed E-state index contributed by atoms with van der Waals surface area (Å²) >= 11 is 0. The molecule has 0 aromatic carbocycles. The highest BCUT2D eigenvalue weighted by Crippen LogP contribution is 2.41. The van der Waals surface area contributed by atoms with Gasteiger partial charge in [0.25, 0.3) is 0 Å². The second-order valence-corrected chi connectivity index (χ2v) is 4.78. The van der Waals surface area contributed by atoms with Gasteiger partial charge in [0.2, 0.25) is 5.88 Å². The zero-order chi connectivity index (χ0) is 11.4. The normalized spacial score (nSPS) is 18.6. The number of hydrogen-bond acceptors (Lipinski definition) is 3. The van der Waals surface area contributed by atoms with Crippen LogP contribution in [0.3, 0.4) is 0 Å². The number of pyridine rings is 1. The number of nitrogens with zero attached hydrogens (tertiary/aromatic N) is 1. The monoisotopic (exact) mass is 220 g/mol. The minimum absolute atomic E-state index is 0.392. The van der Waals surface area contributed by atoms with Crippen molar-refractivity contribution in [2.45, 2.75) is 39.0 Å². The zero-order valence-electron chi connectivity index (χ0n) is 9.91. The highest BCUT2D eigenvalue weighted by Gasteiger charge is 2.32. The topological polar surface area (TPSA) is 48.1 Å². The predicted octanol–water partition coefficient (Wildman–Crippen LogP) is 3.01. The summed E-state index contributed by atoms with van der Waals surface area (Å²) in [6.07, 6.45) is 8.10. The molecule has 1 aromatic heterocycles. The highest BCUT2D eigenvalue weighted by molar-refractivity contribution is 5.35. The third-order valence-electron chi connectivity index (χ3n) is 3.70. The van der Waals surface area contributed by atoms with Gasteiger partial charge in [-0.1, -0.05) is 19.8 Å². The Morgan fingerprint density at radius 2 is 2.12 bits per heavy atom. The Morgan fingerprint density at radius 3 is 2.69 bits per heavy atom. The van der Waals surface area contributed by atoms with Crippen LogP contribution in [0.5, 0.6) is 5.88 Å². The Hall–Kier alpha value is -1.25. The largest absolute Gasteiger partial charge is 0.477 e. The Kier molecular flexibility index (Phi) is 3.32. The standard InChI is InChI=1S/C13H20N2O/c1-2-13(7-3-4-8-13)10-16-12-6-5-11(14)9-15-12/h5-6,9H,2-4,7-8,10,14H2,1H3. The minimum Gasteiger partial charge on any atom is -0.477 e. The summed E-state index contributed by atoms with van der Waals surface area (Å²) in [4.78, 5) is 4.16. The Balaban J connectivity index is 1.93. The van der Waals surface area contributed by atoms with Crippen LogP contribution in [0.15, 0.2) is 18.3 Å². The average Bonchev–Trinajstić information content (AvgIpc) is 2.78. The Bertz CT molecular complexity index is 328. The molecule has 1 heterocycles. The fraction of sp³-hybridized carbons (Fsp3) is 0.615. The molecule has 1 aliphatic carbocycles. The van der Waals surface area contributed by atoms with E-state index in [0.717, 1.165) is 6.61 Å². The molecule has 0 unspecified atom stereocenters. The fourth-order valence-electron chi connectivity index (χ4n) is 2.43. The number of ether oxygens (including phenoxy) is 1. The lowest BCUT2D eigenvalue weighted by Gasteiger charge is -2.26. The third kappa shape index (κ3) is 2.46. The minimum atomic E-state index is 0.392. The fourth-order valence-corrected chi connectivity index (χ4v) is 2.43. The molecule has 0 bridgehead atoms. The first-order valence-corrected chi connectivity index (χ1v) is 6.08. The van der Waals surface area contributed by atoms with Crippen LogP contribution in [0.25, 0.3) is 0 Å². The van der Waals surface area contributed by atoms with Crippen molar-refractivity contribution in [3.63, 3.8) is 0 Å². The van der Waals surface area contributed by atoms with Gasteiger partial charge < -0.3 is 10.5 Å².